The lowest BCUT2D eigenvalue weighted by Crippen LogP contribution is -2.25. The standard InChI is InChI=1S/C31H42N4O2/c1-5-21-17-23-12-9-15-27(29(23)32-25(21)6-2)34-36-19-31(3,4)20-37-35-28-16-10-13-24-18-22-11-7-8-14-26(22)33-30(24)28/h17-18H,5-16,19-20H2,1-4H3/b34-27+,35-28+. The first-order valence-electron chi connectivity index (χ1n) is 14.4. The fraction of sp³-hybridized carbons (Fsp3) is 0.613. The van der Waals surface area contributed by atoms with E-state index < -0.39 is 0 Å². The number of aryl methyl sites for hydroxylation is 6. The third kappa shape index (κ3) is 5.89. The Kier molecular flexibility index (Phi) is 7.92. The van der Waals surface area contributed by atoms with Gasteiger partial charge in [0.05, 0.1) is 11.4 Å². The van der Waals surface area contributed by atoms with Crippen LogP contribution in [0, 0.1) is 5.41 Å². The van der Waals surface area contributed by atoms with Gasteiger partial charge in [-0.1, -0.05) is 50.1 Å². The Balaban J connectivity index is 1.21. The molecule has 3 aliphatic carbocycles. The van der Waals surface area contributed by atoms with E-state index in [2.05, 4.69) is 50.1 Å². The quantitative estimate of drug-likeness (QED) is 0.396. The number of aromatic nitrogens is 2. The number of pyridine rings is 2. The molecule has 0 aliphatic heterocycles. The van der Waals surface area contributed by atoms with Crippen LogP contribution < -0.4 is 0 Å². The van der Waals surface area contributed by atoms with Crippen molar-refractivity contribution in [3.8, 4) is 0 Å². The zero-order valence-corrected chi connectivity index (χ0v) is 23.2. The van der Waals surface area contributed by atoms with Gasteiger partial charge in [0.2, 0.25) is 0 Å². The van der Waals surface area contributed by atoms with Crippen molar-refractivity contribution in [2.75, 3.05) is 13.2 Å². The minimum absolute atomic E-state index is 0.222. The minimum atomic E-state index is -0.222. The number of hydrogen-bond donors (Lipinski definition) is 0. The van der Waals surface area contributed by atoms with E-state index in [0.717, 1.165) is 87.0 Å². The predicted molar refractivity (Wildman–Crippen MR) is 149 cm³/mol. The first-order valence-corrected chi connectivity index (χ1v) is 14.4. The molecule has 0 radical (unpaired) electrons. The molecule has 0 atom stereocenters. The lowest BCUT2D eigenvalue weighted by atomic mass is 9.88. The highest BCUT2D eigenvalue weighted by Crippen LogP contribution is 2.28. The number of fused-ring (bicyclic) bond motifs is 3. The number of rotatable bonds is 8. The van der Waals surface area contributed by atoms with Crippen molar-refractivity contribution in [3.05, 3.63) is 57.2 Å². The fourth-order valence-corrected chi connectivity index (χ4v) is 5.73. The normalized spacial score (nSPS) is 19.4. The molecule has 0 bridgehead atoms. The molecular formula is C31H42N4O2. The van der Waals surface area contributed by atoms with Gasteiger partial charge >= 0.3 is 0 Å². The highest BCUT2D eigenvalue weighted by molar-refractivity contribution is 6.01. The van der Waals surface area contributed by atoms with Crippen LogP contribution in [0.4, 0.5) is 0 Å². The average molecular weight is 503 g/mol. The van der Waals surface area contributed by atoms with Gasteiger partial charge in [-0.15, -0.1) is 0 Å². The number of nitrogens with zero attached hydrogens (tertiary/aromatic N) is 4. The summed E-state index contributed by atoms with van der Waals surface area (Å²) in [6.07, 6.45) is 12.9. The smallest absolute Gasteiger partial charge is 0.125 e. The molecule has 5 rings (SSSR count). The highest BCUT2D eigenvalue weighted by atomic mass is 16.6. The molecule has 0 unspecified atom stereocenters. The van der Waals surface area contributed by atoms with E-state index in [-0.39, 0.29) is 5.41 Å². The van der Waals surface area contributed by atoms with Crippen LogP contribution in [0.1, 0.15) is 111 Å². The van der Waals surface area contributed by atoms with Crippen molar-refractivity contribution >= 4 is 11.4 Å². The zero-order valence-electron chi connectivity index (χ0n) is 23.2. The van der Waals surface area contributed by atoms with Crippen molar-refractivity contribution < 1.29 is 9.68 Å². The van der Waals surface area contributed by atoms with Gasteiger partial charge in [0, 0.05) is 16.8 Å². The molecule has 3 aliphatic rings. The van der Waals surface area contributed by atoms with Crippen LogP contribution in [0.2, 0.25) is 0 Å². The molecule has 0 saturated heterocycles. The molecule has 0 saturated carbocycles. The maximum Gasteiger partial charge on any atom is 0.125 e. The van der Waals surface area contributed by atoms with Crippen LogP contribution in [0.15, 0.2) is 22.4 Å². The van der Waals surface area contributed by atoms with Crippen LogP contribution in [0.5, 0.6) is 0 Å². The molecule has 198 valence electrons. The molecule has 0 N–H and O–H groups in total. The molecule has 2 heterocycles. The molecule has 0 aromatic carbocycles. The van der Waals surface area contributed by atoms with Crippen molar-refractivity contribution in [2.45, 2.75) is 105 Å². The maximum atomic E-state index is 5.90. The van der Waals surface area contributed by atoms with Gasteiger partial charge in [-0.2, -0.15) is 0 Å². The molecular weight excluding hydrogens is 460 g/mol. The second kappa shape index (κ2) is 11.3. The van der Waals surface area contributed by atoms with Crippen LogP contribution in [0.3, 0.4) is 0 Å². The third-order valence-electron chi connectivity index (χ3n) is 7.89. The summed E-state index contributed by atoms with van der Waals surface area (Å²) >= 11 is 0. The van der Waals surface area contributed by atoms with E-state index in [1.54, 1.807) is 0 Å². The van der Waals surface area contributed by atoms with Gasteiger partial charge < -0.3 is 9.68 Å². The molecule has 0 spiro atoms. The minimum Gasteiger partial charge on any atom is -0.395 e. The summed E-state index contributed by atoms with van der Waals surface area (Å²) in [6, 6.07) is 4.72. The maximum absolute atomic E-state index is 5.90. The Morgan fingerprint density at radius 1 is 0.703 bits per heavy atom. The topological polar surface area (TPSA) is 69.0 Å². The lowest BCUT2D eigenvalue weighted by Gasteiger charge is -2.24. The second-order valence-electron chi connectivity index (χ2n) is 11.6. The van der Waals surface area contributed by atoms with Gasteiger partial charge in [0.1, 0.15) is 24.6 Å². The fourth-order valence-electron chi connectivity index (χ4n) is 5.73. The molecule has 37 heavy (non-hydrogen) atoms. The summed E-state index contributed by atoms with van der Waals surface area (Å²) in [4.78, 5) is 21.8. The van der Waals surface area contributed by atoms with E-state index in [1.165, 1.54) is 46.5 Å². The number of oxime groups is 2. The van der Waals surface area contributed by atoms with Crippen LogP contribution in [-0.2, 0) is 48.2 Å². The molecule has 2 aromatic rings. The SMILES string of the molecule is CCc1cc2c(nc1CC)/C(=N/OCC(C)(C)CO/N=C1\CCCc3cc4c(nc31)CCCC4)CCC2. The lowest BCUT2D eigenvalue weighted by molar-refractivity contribution is -0.000312. The summed E-state index contributed by atoms with van der Waals surface area (Å²) in [7, 11) is 0. The predicted octanol–water partition coefficient (Wildman–Crippen LogP) is 6.32. The van der Waals surface area contributed by atoms with Crippen molar-refractivity contribution in [1.29, 1.82) is 0 Å². The van der Waals surface area contributed by atoms with Crippen molar-refractivity contribution in [2.24, 2.45) is 15.7 Å². The first kappa shape index (κ1) is 25.9. The van der Waals surface area contributed by atoms with Gasteiger partial charge in [-0.25, -0.2) is 0 Å². The molecule has 6 heteroatoms. The third-order valence-corrected chi connectivity index (χ3v) is 7.89. The van der Waals surface area contributed by atoms with Crippen molar-refractivity contribution in [3.63, 3.8) is 0 Å². The van der Waals surface area contributed by atoms with Crippen LogP contribution in [-0.4, -0.2) is 34.6 Å². The van der Waals surface area contributed by atoms with Crippen LogP contribution in [0.25, 0.3) is 0 Å². The summed E-state index contributed by atoms with van der Waals surface area (Å²) in [5.74, 6) is 0. The van der Waals surface area contributed by atoms with Gasteiger partial charge in [-0.05, 0) is 99.3 Å². The van der Waals surface area contributed by atoms with Gasteiger partial charge in [0.15, 0.2) is 0 Å². The second-order valence-corrected chi connectivity index (χ2v) is 11.6. The Bertz CT molecular complexity index is 1120. The monoisotopic (exact) mass is 502 g/mol. The molecule has 0 fully saturated rings. The van der Waals surface area contributed by atoms with Gasteiger partial charge in [-0.3, -0.25) is 9.97 Å². The van der Waals surface area contributed by atoms with Gasteiger partial charge in [0.25, 0.3) is 0 Å². The average Bonchev–Trinajstić information content (AvgIpc) is 2.91. The van der Waals surface area contributed by atoms with Crippen molar-refractivity contribution in [1.82, 2.24) is 9.97 Å². The summed E-state index contributed by atoms with van der Waals surface area (Å²) in [5.41, 5.74) is 11.7. The van der Waals surface area contributed by atoms with E-state index in [9.17, 15) is 0 Å². The Morgan fingerprint density at radius 3 is 1.95 bits per heavy atom. The largest absolute Gasteiger partial charge is 0.395 e. The molecule has 6 nitrogen and oxygen atoms in total. The molecule has 2 aromatic heterocycles. The first-order chi connectivity index (χ1) is 18.0. The van der Waals surface area contributed by atoms with E-state index in [4.69, 9.17) is 19.6 Å². The van der Waals surface area contributed by atoms with E-state index in [0.29, 0.717) is 13.2 Å². The summed E-state index contributed by atoms with van der Waals surface area (Å²) < 4.78 is 0. The molecule has 0 amide bonds. The Labute approximate surface area is 221 Å². The zero-order chi connectivity index (χ0) is 25.8. The summed E-state index contributed by atoms with van der Waals surface area (Å²) in [5, 5.41) is 9.14. The van der Waals surface area contributed by atoms with Crippen LogP contribution >= 0.6 is 0 Å². The van der Waals surface area contributed by atoms with E-state index in [1.807, 2.05) is 0 Å². The highest BCUT2D eigenvalue weighted by Gasteiger charge is 2.25. The Morgan fingerprint density at radius 2 is 1.30 bits per heavy atom. The summed E-state index contributed by atoms with van der Waals surface area (Å²) in [6.45, 7) is 9.57. The van der Waals surface area contributed by atoms with E-state index >= 15 is 0 Å². The number of hydrogen-bond acceptors (Lipinski definition) is 6. The Hall–Kier alpha value is -2.76.